The van der Waals surface area contributed by atoms with Gasteiger partial charge < -0.3 is 16.0 Å². The Bertz CT molecular complexity index is 476. The van der Waals surface area contributed by atoms with Crippen molar-refractivity contribution in [3.8, 4) is 0 Å². The van der Waals surface area contributed by atoms with E-state index in [1.54, 1.807) is 6.92 Å². The van der Waals surface area contributed by atoms with Gasteiger partial charge in [-0.2, -0.15) is 0 Å². The van der Waals surface area contributed by atoms with E-state index in [1.807, 2.05) is 40.1 Å². The number of hydrogen-bond acceptors (Lipinski definition) is 3. The first kappa shape index (κ1) is 23.5. The van der Waals surface area contributed by atoms with Gasteiger partial charge in [-0.15, -0.1) is 24.8 Å². The minimum absolute atomic E-state index is 0. The molecule has 1 amide bonds. The third-order valence-electron chi connectivity index (χ3n) is 3.34. The Morgan fingerprint density at radius 2 is 1.91 bits per heavy atom. The number of benzene rings is 1. The number of carbonyl (C=O) groups is 1. The van der Waals surface area contributed by atoms with Gasteiger partial charge in [0.05, 0.1) is 5.54 Å². The summed E-state index contributed by atoms with van der Waals surface area (Å²) in [5.74, 6) is -0.121. The van der Waals surface area contributed by atoms with Crippen LogP contribution >= 0.6 is 24.8 Å². The number of aryl methyl sites for hydroxylation is 1. The molecule has 0 saturated heterocycles. The van der Waals surface area contributed by atoms with E-state index in [-0.39, 0.29) is 30.7 Å². The molecule has 4 nitrogen and oxygen atoms in total. The number of nitrogens with one attached hydrogen (secondary N) is 1. The molecule has 0 heterocycles. The zero-order valence-corrected chi connectivity index (χ0v) is 15.7. The van der Waals surface area contributed by atoms with Gasteiger partial charge in [-0.3, -0.25) is 4.79 Å². The summed E-state index contributed by atoms with van der Waals surface area (Å²) in [6.45, 7) is 6.65. The van der Waals surface area contributed by atoms with Crippen LogP contribution in [-0.2, 0) is 11.3 Å². The summed E-state index contributed by atoms with van der Waals surface area (Å²) >= 11 is 0. The number of anilines is 1. The van der Waals surface area contributed by atoms with Crippen molar-refractivity contribution in [3.63, 3.8) is 0 Å². The van der Waals surface area contributed by atoms with Gasteiger partial charge in [0, 0.05) is 12.2 Å². The average molecular weight is 350 g/mol. The fourth-order valence-electron chi connectivity index (χ4n) is 2.17. The van der Waals surface area contributed by atoms with Crippen LogP contribution in [0.1, 0.15) is 37.8 Å². The molecule has 0 aliphatic rings. The summed E-state index contributed by atoms with van der Waals surface area (Å²) in [4.78, 5) is 14.4. The molecule has 0 saturated carbocycles. The van der Waals surface area contributed by atoms with Gasteiger partial charge in [0.2, 0.25) is 5.91 Å². The van der Waals surface area contributed by atoms with Crippen molar-refractivity contribution in [1.29, 1.82) is 0 Å². The molecule has 1 aromatic carbocycles. The highest BCUT2D eigenvalue weighted by molar-refractivity contribution is 5.98. The van der Waals surface area contributed by atoms with Crippen molar-refractivity contribution in [2.45, 2.75) is 45.7 Å². The van der Waals surface area contributed by atoms with Gasteiger partial charge >= 0.3 is 0 Å². The van der Waals surface area contributed by atoms with Crippen LogP contribution in [0.15, 0.2) is 18.2 Å². The van der Waals surface area contributed by atoms with E-state index in [9.17, 15) is 4.79 Å². The molecule has 0 aliphatic carbocycles. The highest BCUT2D eigenvalue weighted by Crippen LogP contribution is 2.20. The van der Waals surface area contributed by atoms with E-state index in [1.165, 1.54) is 5.56 Å². The molecule has 22 heavy (non-hydrogen) atoms. The smallest absolute Gasteiger partial charge is 0.244 e. The van der Waals surface area contributed by atoms with Gasteiger partial charge in [0.25, 0.3) is 0 Å². The molecule has 0 bridgehead atoms. The van der Waals surface area contributed by atoms with Crippen LogP contribution in [0.3, 0.4) is 0 Å². The Morgan fingerprint density at radius 3 is 2.41 bits per heavy atom. The van der Waals surface area contributed by atoms with Gasteiger partial charge in [-0.25, -0.2) is 0 Å². The molecule has 0 aromatic heterocycles. The standard InChI is InChI=1S/C16H27N3O.2ClH/c1-6-9-16(3,17)15(20)18-14-10-13(11-19(4)5)8-7-12(14)2;;/h7-8,10H,6,9,11,17H2,1-5H3,(H,18,20);2*1H. The summed E-state index contributed by atoms with van der Waals surface area (Å²) in [7, 11) is 4.05. The second-order valence-electron chi connectivity index (χ2n) is 6.01. The third-order valence-corrected chi connectivity index (χ3v) is 3.34. The van der Waals surface area contributed by atoms with E-state index in [0.29, 0.717) is 6.42 Å². The van der Waals surface area contributed by atoms with E-state index in [0.717, 1.165) is 24.2 Å². The summed E-state index contributed by atoms with van der Waals surface area (Å²) in [6, 6.07) is 6.13. The predicted molar refractivity (Wildman–Crippen MR) is 99.2 cm³/mol. The van der Waals surface area contributed by atoms with Gasteiger partial charge in [0.15, 0.2) is 0 Å². The maximum absolute atomic E-state index is 12.3. The van der Waals surface area contributed by atoms with Crippen LogP contribution in [0, 0.1) is 6.92 Å². The number of rotatable bonds is 6. The average Bonchev–Trinajstić information content (AvgIpc) is 2.32. The van der Waals surface area contributed by atoms with Crippen molar-refractivity contribution in [3.05, 3.63) is 29.3 Å². The monoisotopic (exact) mass is 349 g/mol. The number of hydrogen-bond donors (Lipinski definition) is 2. The van der Waals surface area contributed by atoms with E-state index in [4.69, 9.17) is 5.73 Å². The van der Waals surface area contributed by atoms with E-state index in [2.05, 4.69) is 16.3 Å². The molecular formula is C16H29Cl2N3O. The largest absolute Gasteiger partial charge is 0.324 e. The lowest BCUT2D eigenvalue weighted by molar-refractivity contribution is -0.120. The highest BCUT2D eigenvalue weighted by atomic mass is 35.5. The number of nitrogens with zero attached hydrogens (tertiary/aromatic N) is 1. The van der Waals surface area contributed by atoms with Crippen LogP contribution in [0.4, 0.5) is 5.69 Å². The number of amides is 1. The lowest BCUT2D eigenvalue weighted by atomic mass is 9.96. The highest BCUT2D eigenvalue weighted by Gasteiger charge is 2.27. The minimum atomic E-state index is -0.821. The first-order valence-electron chi connectivity index (χ1n) is 7.11. The fraction of sp³-hybridized carbons (Fsp3) is 0.562. The SMILES string of the molecule is CCCC(C)(N)C(=O)Nc1cc(CN(C)C)ccc1C.Cl.Cl. The maximum Gasteiger partial charge on any atom is 0.244 e. The molecule has 3 N–H and O–H groups in total. The minimum Gasteiger partial charge on any atom is -0.324 e. The molecule has 0 fully saturated rings. The molecule has 6 heteroatoms. The van der Waals surface area contributed by atoms with Crippen molar-refractivity contribution in [2.75, 3.05) is 19.4 Å². The number of halogens is 2. The van der Waals surface area contributed by atoms with Crippen LogP contribution in [-0.4, -0.2) is 30.4 Å². The Kier molecular flexibility index (Phi) is 10.7. The van der Waals surface area contributed by atoms with Crippen LogP contribution in [0.5, 0.6) is 0 Å². The zero-order valence-electron chi connectivity index (χ0n) is 14.1. The Hall–Kier alpha value is -0.810. The summed E-state index contributed by atoms with van der Waals surface area (Å²) in [5, 5.41) is 2.97. The van der Waals surface area contributed by atoms with Crippen molar-refractivity contribution in [1.82, 2.24) is 4.90 Å². The molecule has 0 spiro atoms. The molecule has 0 aliphatic heterocycles. The second kappa shape index (κ2) is 10.1. The third kappa shape index (κ3) is 6.97. The first-order chi connectivity index (χ1) is 9.26. The molecule has 1 aromatic rings. The Morgan fingerprint density at radius 1 is 1.32 bits per heavy atom. The first-order valence-corrected chi connectivity index (χ1v) is 7.11. The molecule has 1 unspecified atom stereocenters. The number of carbonyl (C=O) groups excluding carboxylic acids is 1. The molecule has 1 rings (SSSR count). The van der Waals surface area contributed by atoms with Gasteiger partial charge in [-0.1, -0.05) is 25.5 Å². The van der Waals surface area contributed by atoms with Gasteiger partial charge in [-0.05, 0) is 51.6 Å². The second-order valence-corrected chi connectivity index (χ2v) is 6.01. The molecule has 1 atom stereocenters. The topological polar surface area (TPSA) is 58.4 Å². The van der Waals surface area contributed by atoms with Crippen molar-refractivity contribution >= 4 is 36.4 Å². The van der Waals surface area contributed by atoms with Crippen molar-refractivity contribution in [2.24, 2.45) is 5.73 Å². The summed E-state index contributed by atoms with van der Waals surface area (Å²) < 4.78 is 0. The number of nitrogens with two attached hydrogens (primary N) is 1. The normalized spacial score (nSPS) is 12.9. The van der Waals surface area contributed by atoms with Crippen LogP contribution < -0.4 is 11.1 Å². The quantitative estimate of drug-likeness (QED) is 0.827. The van der Waals surface area contributed by atoms with Crippen LogP contribution in [0.25, 0.3) is 0 Å². The molecule has 0 radical (unpaired) electrons. The zero-order chi connectivity index (χ0) is 15.3. The van der Waals surface area contributed by atoms with E-state index < -0.39 is 5.54 Å². The van der Waals surface area contributed by atoms with Gasteiger partial charge in [0.1, 0.15) is 0 Å². The molecular weight excluding hydrogens is 321 g/mol. The molecule has 128 valence electrons. The maximum atomic E-state index is 12.3. The summed E-state index contributed by atoms with van der Waals surface area (Å²) in [6.07, 6.45) is 1.56. The Balaban J connectivity index is 0. The van der Waals surface area contributed by atoms with Crippen molar-refractivity contribution < 1.29 is 4.79 Å². The lowest BCUT2D eigenvalue weighted by Gasteiger charge is -2.23. The lowest BCUT2D eigenvalue weighted by Crippen LogP contribution is -2.48. The summed E-state index contributed by atoms with van der Waals surface area (Å²) in [5.41, 5.74) is 8.32. The predicted octanol–water partition coefficient (Wildman–Crippen LogP) is 3.36. The van der Waals surface area contributed by atoms with E-state index >= 15 is 0 Å². The Labute approximate surface area is 146 Å². The van der Waals surface area contributed by atoms with Crippen LogP contribution in [0.2, 0.25) is 0 Å². The fourth-order valence-corrected chi connectivity index (χ4v) is 2.17.